The first-order chi connectivity index (χ1) is 10.7. The highest BCUT2D eigenvalue weighted by Crippen LogP contribution is 2.25. The van der Waals surface area contributed by atoms with Gasteiger partial charge in [-0.25, -0.2) is 0 Å². The summed E-state index contributed by atoms with van der Waals surface area (Å²) in [6.07, 6.45) is 9.04. The fourth-order valence-electron chi connectivity index (χ4n) is 4.30. The summed E-state index contributed by atoms with van der Waals surface area (Å²) < 4.78 is 5.66. The standard InChI is InChI=1S/C18H32N2O2/c1-15-8-13-22-17(15)18(21)20-10-5-9-19(11-12-20)14-16-6-3-2-4-7-16/h15-17H,2-14H2,1H3/t15-,17+/m0/s1. The third kappa shape index (κ3) is 4.02. The van der Waals surface area contributed by atoms with Gasteiger partial charge in [-0.3, -0.25) is 4.79 Å². The molecule has 0 unspecified atom stereocenters. The molecule has 0 spiro atoms. The molecule has 22 heavy (non-hydrogen) atoms. The van der Waals surface area contributed by atoms with Gasteiger partial charge in [0, 0.05) is 32.8 Å². The summed E-state index contributed by atoms with van der Waals surface area (Å²) in [7, 11) is 0. The van der Waals surface area contributed by atoms with E-state index in [-0.39, 0.29) is 12.0 Å². The van der Waals surface area contributed by atoms with Crippen molar-refractivity contribution in [3.63, 3.8) is 0 Å². The molecule has 126 valence electrons. The summed E-state index contributed by atoms with van der Waals surface area (Å²) in [4.78, 5) is 17.3. The van der Waals surface area contributed by atoms with Crippen LogP contribution in [0.25, 0.3) is 0 Å². The van der Waals surface area contributed by atoms with Crippen LogP contribution in [0.15, 0.2) is 0 Å². The van der Waals surface area contributed by atoms with Crippen molar-refractivity contribution in [1.82, 2.24) is 9.80 Å². The molecule has 3 rings (SSSR count). The first-order valence-electron chi connectivity index (χ1n) is 9.37. The molecule has 1 aliphatic carbocycles. The Kier molecular flexibility index (Phi) is 5.75. The molecule has 4 heteroatoms. The quantitative estimate of drug-likeness (QED) is 0.803. The fraction of sp³-hybridized carbons (Fsp3) is 0.944. The maximum absolute atomic E-state index is 12.6. The first kappa shape index (κ1) is 16.3. The maximum Gasteiger partial charge on any atom is 0.252 e. The number of ether oxygens (including phenoxy) is 1. The van der Waals surface area contributed by atoms with Crippen molar-refractivity contribution in [3.8, 4) is 0 Å². The Morgan fingerprint density at radius 1 is 1.00 bits per heavy atom. The van der Waals surface area contributed by atoms with Crippen molar-refractivity contribution < 1.29 is 9.53 Å². The highest BCUT2D eigenvalue weighted by Gasteiger charge is 2.34. The molecule has 3 fully saturated rings. The number of carbonyl (C=O) groups excluding carboxylic acids is 1. The van der Waals surface area contributed by atoms with Crippen molar-refractivity contribution >= 4 is 5.91 Å². The monoisotopic (exact) mass is 308 g/mol. The molecule has 1 amide bonds. The van der Waals surface area contributed by atoms with Gasteiger partial charge in [0.1, 0.15) is 6.10 Å². The second-order valence-electron chi connectivity index (χ2n) is 7.54. The van der Waals surface area contributed by atoms with Crippen LogP contribution in [-0.4, -0.2) is 61.1 Å². The number of hydrogen-bond acceptors (Lipinski definition) is 3. The molecule has 0 N–H and O–H groups in total. The van der Waals surface area contributed by atoms with Gasteiger partial charge < -0.3 is 14.5 Å². The topological polar surface area (TPSA) is 32.8 Å². The zero-order valence-electron chi connectivity index (χ0n) is 14.1. The molecule has 0 aromatic heterocycles. The summed E-state index contributed by atoms with van der Waals surface area (Å²) in [5, 5.41) is 0. The van der Waals surface area contributed by atoms with Crippen molar-refractivity contribution in [2.45, 2.75) is 58.0 Å². The predicted octanol–water partition coefficient (Wildman–Crippen LogP) is 2.53. The molecular formula is C18H32N2O2. The maximum atomic E-state index is 12.6. The van der Waals surface area contributed by atoms with Crippen molar-refractivity contribution in [1.29, 1.82) is 0 Å². The molecule has 2 aliphatic heterocycles. The van der Waals surface area contributed by atoms with Gasteiger partial charge in [-0.05, 0) is 44.1 Å². The van der Waals surface area contributed by atoms with Crippen LogP contribution >= 0.6 is 0 Å². The lowest BCUT2D eigenvalue weighted by atomic mass is 9.89. The van der Waals surface area contributed by atoms with Gasteiger partial charge in [0.2, 0.25) is 0 Å². The second-order valence-corrected chi connectivity index (χ2v) is 7.54. The van der Waals surface area contributed by atoms with E-state index in [4.69, 9.17) is 4.74 Å². The molecule has 2 heterocycles. The lowest BCUT2D eigenvalue weighted by Gasteiger charge is -2.29. The summed E-state index contributed by atoms with van der Waals surface area (Å²) >= 11 is 0. The van der Waals surface area contributed by atoms with Gasteiger partial charge >= 0.3 is 0 Å². The molecule has 0 aromatic carbocycles. The molecule has 2 atom stereocenters. The summed E-state index contributed by atoms with van der Waals surface area (Å²) in [5.41, 5.74) is 0. The lowest BCUT2D eigenvalue weighted by Crippen LogP contribution is -2.43. The Balaban J connectivity index is 1.47. The van der Waals surface area contributed by atoms with E-state index in [0.29, 0.717) is 5.92 Å². The van der Waals surface area contributed by atoms with Crippen LogP contribution in [0.5, 0.6) is 0 Å². The molecule has 0 bridgehead atoms. The van der Waals surface area contributed by atoms with Crippen LogP contribution in [0.2, 0.25) is 0 Å². The molecule has 1 saturated carbocycles. The molecule has 3 aliphatic rings. The van der Waals surface area contributed by atoms with Gasteiger partial charge in [-0.15, -0.1) is 0 Å². The lowest BCUT2D eigenvalue weighted by molar-refractivity contribution is -0.142. The van der Waals surface area contributed by atoms with Crippen LogP contribution in [0, 0.1) is 11.8 Å². The Bertz CT molecular complexity index is 368. The van der Waals surface area contributed by atoms with Crippen LogP contribution < -0.4 is 0 Å². The molecule has 2 saturated heterocycles. The van der Waals surface area contributed by atoms with E-state index < -0.39 is 0 Å². The molecule has 4 nitrogen and oxygen atoms in total. The number of amides is 1. The first-order valence-corrected chi connectivity index (χ1v) is 9.37. The average Bonchev–Trinajstić information content (AvgIpc) is 2.82. The van der Waals surface area contributed by atoms with E-state index in [9.17, 15) is 4.79 Å². The zero-order chi connectivity index (χ0) is 15.4. The Morgan fingerprint density at radius 2 is 1.82 bits per heavy atom. The van der Waals surface area contributed by atoms with E-state index in [2.05, 4.69) is 16.7 Å². The normalized spacial score (nSPS) is 32.1. The molecule has 0 radical (unpaired) electrons. The number of nitrogens with zero attached hydrogens (tertiary/aromatic N) is 2. The predicted molar refractivity (Wildman–Crippen MR) is 87.7 cm³/mol. The Hall–Kier alpha value is -0.610. The third-order valence-corrected chi connectivity index (χ3v) is 5.77. The van der Waals surface area contributed by atoms with Crippen LogP contribution in [0.1, 0.15) is 51.9 Å². The highest BCUT2D eigenvalue weighted by molar-refractivity contribution is 5.81. The summed E-state index contributed by atoms with van der Waals surface area (Å²) in [6, 6.07) is 0. The van der Waals surface area contributed by atoms with E-state index in [1.807, 2.05) is 0 Å². The summed E-state index contributed by atoms with van der Waals surface area (Å²) in [5.74, 6) is 1.52. The van der Waals surface area contributed by atoms with Gasteiger partial charge in [-0.2, -0.15) is 0 Å². The van der Waals surface area contributed by atoms with Gasteiger partial charge in [0.15, 0.2) is 0 Å². The third-order valence-electron chi connectivity index (χ3n) is 5.77. The minimum Gasteiger partial charge on any atom is -0.368 e. The van der Waals surface area contributed by atoms with Crippen molar-refractivity contribution in [3.05, 3.63) is 0 Å². The van der Waals surface area contributed by atoms with Crippen LogP contribution in [0.4, 0.5) is 0 Å². The van der Waals surface area contributed by atoms with Gasteiger partial charge in [0.05, 0.1) is 0 Å². The minimum atomic E-state index is -0.176. The Morgan fingerprint density at radius 3 is 2.55 bits per heavy atom. The number of carbonyl (C=O) groups is 1. The van der Waals surface area contributed by atoms with Crippen LogP contribution in [-0.2, 0) is 9.53 Å². The number of hydrogen-bond donors (Lipinski definition) is 0. The molecular weight excluding hydrogens is 276 g/mol. The highest BCUT2D eigenvalue weighted by atomic mass is 16.5. The largest absolute Gasteiger partial charge is 0.368 e. The Labute approximate surface area is 135 Å². The minimum absolute atomic E-state index is 0.176. The van der Waals surface area contributed by atoms with E-state index in [1.54, 1.807) is 0 Å². The van der Waals surface area contributed by atoms with E-state index in [0.717, 1.165) is 51.5 Å². The molecule has 0 aromatic rings. The van der Waals surface area contributed by atoms with Crippen LogP contribution in [0.3, 0.4) is 0 Å². The van der Waals surface area contributed by atoms with Crippen molar-refractivity contribution in [2.24, 2.45) is 11.8 Å². The number of rotatable bonds is 3. The fourth-order valence-corrected chi connectivity index (χ4v) is 4.30. The SMILES string of the molecule is C[C@H]1CCO[C@H]1C(=O)N1CCCN(CC2CCCCC2)CC1. The van der Waals surface area contributed by atoms with E-state index >= 15 is 0 Å². The zero-order valence-corrected chi connectivity index (χ0v) is 14.1. The van der Waals surface area contributed by atoms with Gasteiger partial charge in [0.25, 0.3) is 5.91 Å². The van der Waals surface area contributed by atoms with Gasteiger partial charge in [-0.1, -0.05) is 26.2 Å². The second kappa shape index (κ2) is 7.78. The average molecular weight is 308 g/mol. The van der Waals surface area contributed by atoms with E-state index in [1.165, 1.54) is 38.6 Å². The smallest absolute Gasteiger partial charge is 0.252 e. The van der Waals surface area contributed by atoms with Crippen molar-refractivity contribution in [2.75, 3.05) is 39.3 Å². The summed E-state index contributed by atoms with van der Waals surface area (Å²) in [6.45, 7) is 8.13.